The molecule has 3 amide bonds. The summed E-state index contributed by atoms with van der Waals surface area (Å²) in [7, 11) is 0. The molecule has 6 atom stereocenters. The van der Waals surface area contributed by atoms with Crippen LogP contribution in [0.4, 0.5) is 5.69 Å². The summed E-state index contributed by atoms with van der Waals surface area (Å²) in [5.74, 6) is -2.48. The number of benzene rings is 2. The molecule has 43 heavy (non-hydrogen) atoms. The molecular weight excluding hydrogens is 542 g/mol. The normalized spacial score (nSPS) is 27.9. The van der Waals surface area contributed by atoms with Gasteiger partial charge in [-0.3, -0.25) is 14.4 Å². The molecule has 1 N–H and O–H groups in total. The Bertz CT molecular complexity index is 1350. The average Bonchev–Trinajstić information content (AvgIpc) is 3.59. The van der Waals surface area contributed by atoms with Crippen molar-refractivity contribution in [1.82, 2.24) is 9.80 Å². The van der Waals surface area contributed by atoms with Crippen LogP contribution in [0.15, 0.2) is 86.0 Å². The van der Waals surface area contributed by atoms with E-state index >= 15 is 0 Å². The predicted octanol–water partition coefficient (Wildman–Crippen LogP) is 4.52. The van der Waals surface area contributed by atoms with Crippen LogP contribution < -0.4 is 4.90 Å². The molecule has 3 heterocycles. The van der Waals surface area contributed by atoms with Crippen LogP contribution in [0.1, 0.15) is 51.1 Å². The molecule has 0 aromatic heterocycles. The number of carbonyl (C=O) groups is 3. The smallest absolute Gasteiger partial charge is 0.248 e. The monoisotopic (exact) mass is 585 g/mol. The molecule has 3 aliphatic rings. The van der Waals surface area contributed by atoms with Crippen LogP contribution in [-0.2, 0) is 19.1 Å². The average molecular weight is 586 g/mol. The number of aliphatic hydroxyl groups is 1. The Kier molecular flexibility index (Phi) is 8.90. The quantitative estimate of drug-likeness (QED) is 0.349. The summed E-state index contributed by atoms with van der Waals surface area (Å²) in [6.07, 6.45) is 6.06. The van der Waals surface area contributed by atoms with Gasteiger partial charge >= 0.3 is 0 Å². The molecular formula is C35H43N3O5. The Morgan fingerprint density at radius 3 is 2.30 bits per heavy atom. The fourth-order valence-corrected chi connectivity index (χ4v) is 7.58. The van der Waals surface area contributed by atoms with Crippen LogP contribution in [0.25, 0.3) is 0 Å². The summed E-state index contributed by atoms with van der Waals surface area (Å²) < 4.78 is 6.88. The van der Waals surface area contributed by atoms with Gasteiger partial charge in [-0.15, -0.1) is 13.2 Å². The lowest BCUT2D eigenvalue weighted by atomic mass is 9.66. The van der Waals surface area contributed by atoms with Crippen molar-refractivity contribution in [2.75, 3.05) is 31.1 Å². The van der Waals surface area contributed by atoms with Crippen LogP contribution in [0.2, 0.25) is 0 Å². The fourth-order valence-electron chi connectivity index (χ4n) is 7.58. The van der Waals surface area contributed by atoms with E-state index in [0.29, 0.717) is 31.6 Å². The number of para-hydroxylation sites is 1. The Balaban J connectivity index is 1.64. The van der Waals surface area contributed by atoms with E-state index in [1.807, 2.05) is 67.6 Å². The number of fused-ring (bicyclic) bond motifs is 1. The molecule has 8 heteroatoms. The van der Waals surface area contributed by atoms with Crippen LogP contribution in [-0.4, -0.2) is 76.1 Å². The summed E-state index contributed by atoms with van der Waals surface area (Å²) in [4.78, 5) is 48.9. The van der Waals surface area contributed by atoms with Gasteiger partial charge in [0.1, 0.15) is 11.6 Å². The van der Waals surface area contributed by atoms with Gasteiger partial charge in [-0.1, -0.05) is 74.0 Å². The van der Waals surface area contributed by atoms with E-state index in [1.54, 1.807) is 22.0 Å². The molecule has 1 spiro atoms. The van der Waals surface area contributed by atoms with Gasteiger partial charge in [0.15, 0.2) is 0 Å². The largest absolute Gasteiger partial charge is 0.394 e. The molecule has 2 unspecified atom stereocenters. The van der Waals surface area contributed by atoms with Crippen molar-refractivity contribution < 1.29 is 24.2 Å². The van der Waals surface area contributed by atoms with E-state index in [1.165, 1.54) is 4.90 Å². The van der Waals surface area contributed by atoms with E-state index in [4.69, 9.17) is 4.74 Å². The zero-order chi connectivity index (χ0) is 30.8. The first-order valence-electron chi connectivity index (χ1n) is 15.3. The zero-order valence-electron chi connectivity index (χ0n) is 25.2. The first kappa shape index (κ1) is 30.7. The molecule has 2 aromatic carbocycles. The minimum atomic E-state index is -1.20. The highest BCUT2D eigenvalue weighted by molar-refractivity contribution is 6.03. The van der Waals surface area contributed by atoms with Crippen molar-refractivity contribution in [2.24, 2.45) is 11.8 Å². The van der Waals surface area contributed by atoms with Gasteiger partial charge in [0.05, 0.1) is 30.1 Å². The van der Waals surface area contributed by atoms with E-state index in [9.17, 15) is 19.5 Å². The highest BCUT2D eigenvalue weighted by Gasteiger charge is 2.79. The molecule has 228 valence electrons. The molecule has 0 radical (unpaired) electrons. The number of likely N-dealkylation sites (tertiary alicyclic amines) is 1. The zero-order valence-corrected chi connectivity index (χ0v) is 25.2. The number of rotatable bonds is 13. The van der Waals surface area contributed by atoms with Crippen molar-refractivity contribution in [2.45, 2.75) is 62.8 Å². The molecule has 3 fully saturated rings. The summed E-state index contributed by atoms with van der Waals surface area (Å²) >= 11 is 0. The maximum absolute atomic E-state index is 14.8. The molecule has 5 rings (SSSR count). The topological polar surface area (TPSA) is 90.4 Å². The van der Waals surface area contributed by atoms with Crippen LogP contribution in [0.3, 0.4) is 0 Å². The van der Waals surface area contributed by atoms with Crippen molar-refractivity contribution in [3.8, 4) is 0 Å². The van der Waals surface area contributed by atoms with Gasteiger partial charge in [-0.25, -0.2) is 0 Å². The number of nitrogens with zero attached hydrogens (tertiary/aromatic N) is 3. The molecule has 2 bridgehead atoms. The number of amides is 3. The second kappa shape index (κ2) is 12.5. The third-order valence-corrected chi connectivity index (χ3v) is 9.50. The van der Waals surface area contributed by atoms with Crippen LogP contribution >= 0.6 is 0 Å². The number of ether oxygens (including phenoxy) is 1. The first-order chi connectivity index (χ1) is 20.8. The van der Waals surface area contributed by atoms with Crippen molar-refractivity contribution in [3.63, 3.8) is 0 Å². The minimum Gasteiger partial charge on any atom is -0.394 e. The summed E-state index contributed by atoms with van der Waals surface area (Å²) in [5, 5.41) is 10.7. The maximum atomic E-state index is 14.8. The Morgan fingerprint density at radius 1 is 1.05 bits per heavy atom. The summed E-state index contributed by atoms with van der Waals surface area (Å²) in [6, 6.07) is 16.8. The number of aliphatic hydroxyl groups excluding tert-OH is 1. The van der Waals surface area contributed by atoms with Crippen LogP contribution in [0, 0.1) is 11.8 Å². The highest BCUT2D eigenvalue weighted by atomic mass is 16.5. The standard InChI is InChI=1S/C35H43N3O5/c1-5-8-23-36(21-6-2)33(42)30-35-20-19-34(4,43-35)28(31(40)37(22-7-3)26-17-13-10-14-18-26)29(35)32(41)38(30)27(24-39)25-15-11-9-12-16-25/h6-7,9-18,27-30,39H,2-3,5,8,19-24H2,1,4H3/t27-,28+,29+,30?,34-,35?/m1/s1. The SMILES string of the molecule is C=CCN(CCCC)C(=O)C1N([C@H](CO)c2ccccc2)C(=O)[C@@H]2[C@@H](C(=O)N(CC=C)c3ccccc3)[C@@]3(C)CCC12O3. The highest BCUT2D eigenvalue weighted by Crippen LogP contribution is 2.64. The first-order valence-corrected chi connectivity index (χ1v) is 15.3. The third-order valence-electron chi connectivity index (χ3n) is 9.50. The number of unbranched alkanes of at least 4 members (excludes halogenated alkanes) is 1. The molecule has 3 aliphatic heterocycles. The van der Waals surface area contributed by atoms with Crippen molar-refractivity contribution >= 4 is 23.4 Å². The lowest BCUT2D eigenvalue weighted by Crippen LogP contribution is -2.57. The number of hydrogen-bond donors (Lipinski definition) is 1. The summed E-state index contributed by atoms with van der Waals surface area (Å²) in [6.45, 7) is 12.4. The van der Waals surface area contributed by atoms with Gasteiger partial charge in [0, 0.05) is 25.3 Å². The lowest BCUT2D eigenvalue weighted by molar-refractivity contribution is -0.154. The Morgan fingerprint density at radius 2 is 1.70 bits per heavy atom. The Labute approximate surface area is 254 Å². The Hall–Kier alpha value is -3.75. The molecule has 3 saturated heterocycles. The van der Waals surface area contributed by atoms with Crippen molar-refractivity contribution in [1.29, 1.82) is 0 Å². The van der Waals surface area contributed by atoms with E-state index in [-0.39, 0.29) is 30.9 Å². The molecule has 0 saturated carbocycles. The summed E-state index contributed by atoms with van der Waals surface area (Å²) in [5.41, 5.74) is -0.701. The minimum absolute atomic E-state index is 0.226. The van der Waals surface area contributed by atoms with Gasteiger partial charge < -0.3 is 24.5 Å². The van der Waals surface area contributed by atoms with Gasteiger partial charge in [0.25, 0.3) is 0 Å². The van der Waals surface area contributed by atoms with E-state index in [2.05, 4.69) is 20.1 Å². The van der Waals surface area contributed by atoms with Crippen LogP contribution in [0.5, 0.6) is 0 Å². The van der Waals surface area contributed by atoms with Gasteiger partial charge in [0.2, 0.25) is 17.7 Å². The van der Waals surface area contributed by atoms with Crippen molar-refractivity contribution in [3.05, 3.63) is 91.5 Å². The number of carbonyl (C=O) groups excluding carboxylic acids is 3. The number of hydrogen-bond acceptors (Lipinski definition) is 5. The lowest BCUT2D eigenvalue weighted by Gasteiger charge is -2.39. The third kappa shape index (κ3) is 5.10. The molecule has 8 nitrogen and oxygen atoms in total. The maximum Gasteiger partial charge on any atom is 0.248 e. The second-order valence-electron chi connectivity index (χ2n) is 12.1. The predicted molar refractivity (Wildman–Crippen MR) is 166 cm³/mol. The second-order valence-corrected chi connectivity index (χ2v) is 12.1. The van der Waals surface area contributed by atoms with E-state index < -0.39 is 35.1 Å². The van der Waals surface area contributed by atoms with E-state index in [0.717, 1.165) is 18.4 Å². The fraction of sp³-hybridized carbons (Fsp3) is 0.457. The molecule has 0 aliphatic carbocycles. The van der Waals surface area contributed by atoms with Gasteiger partial charge in [-0.2, -0.15) is 0 Å². The number of anilines is 1. The van der Waals surface area contributed by atoms with Gasteiger partial charge in [-0.05, 0) is 43.9 Å². The molecule has 2 aromatic rings.